The highest BCUT2D eigenvalue weighted by atomic mass is 16.1. The molecule has 1 aromatic heterocycles. The van der Waals surface area contributed by atoms with E-state index in [1.54, 1.807) is 20.9 Å². The third-order valence-electron chi connectivity index (χ3n) is 2.07. The fourth-order valence-electron chi connectivity index (χ4n) is 1.16. The van der Waals surface area contributed by atoms with Gasteiger partial charge in [-0.15, -0.1) is 0 Å². The van der Waals surface area contributed by atoms with Gasteiger partial charge in [-0.2, -0.15) is 0 Å². The Balaban J connectivity index is 3.60. The Morgan fingerprint density at radius 1 is 1.38 bits per heavy atom. The summed E-state index contributed by atoms with van der Waals surface area (Å²) in [7, 11) is 1.64. The van der Waals surface area contributed by atoms with Crippen molar-refractivity contribution in [3.63, 3.8) is 0 Å². The van der Waals surface area contributed by atoms with Crippen LogP contribution in [0.25, 0.3) is 0 Å². The SMILES string of the molecule is CC(=O)c1nc(C)n(C)c(=O)c1C. The van der Waals surface area contributed by atoms with Crippen LogP contribution in [-0.4, -0.2) is 15.3 Å². The zero-order valence-corrected chi connectivity index (χ0v) is 8.21. The molecule has 0 amide bonds. The minimum absolute atomic E-state index is 0.155. The molecule has 0 aliphatic heterocycles. The van der Waals surface area contributed by atoms with Crippen molar-refractivity contribution in [2.75, 3.05) is 0 Å². The van der Waals surface area contributed by atoms with Gasteiger partial charge in [0.25, 0.3) is 5.56 Å². The summed E-state index contributed by atoms with van der Waals surface area (Å²) in [4.78, 5) is 26.6. The van der Waals surface area contributed by atoms with Crippen molar-refractivity contribution in [2.45, 2.75) is 20.8 Å². The Labute approximate surface area is 76.2 Å². The van der Waals surface area contributed by atoms with Gasteiger partial charge in [-0.05, 0) is 13.8 Å². The van der Waals surface area contributed by atoms with E-state index in [0.717, 1.165) is 0 Å². The molecule has 0 aliphatic rings. The van der Waals surface area contributed by atoms with E-state index in [0.29, 0.717) is 11.4 Å². The number of aromatic nitrogens is 2. The zero-order valence-electron chi connectivity index (χ0n) is 8.21. The number of hydrogen-bond donors (Lipinski definition) is 0. The summed E-state index contributed by atoms with van der Waals surface area (Å²) < 4.78 is 1.43. The minimum atomic E-state index is -0.168. The molecule has 0 unspecified atom stereocenters. The Bertz CT molecular complexity index is 418. The van der Waals surface area contributed by atoms with E-state index in [-0.39, 0.29) is 17.0 Å². The van der Waals surface area contributed by atoms with E-state index < -0.39 is 0 Å². The maximum Gasteiger partial charge on any atom is 0.256 e. The van der Waals surface area contributed by atoms with Crippen molar-refractivity contribution in [2.24, 2.45) is 7.05 Å². The monoisotopic (exact) mass is 180 g/mol. The molecule has 0 radical (unpaired) electrons. The minimum Gasteiger partial charge on any atom is -0.300 e. The Kier molecular flexibility index (Phi) is 2.32. The molecule has 0 aromatic carbocycles. The van der Waals surface area contributed by atoms with Crippen molar-refractivity contribution >= 4 is 5.78 Å². The quantitative estimate of drug-likeness (QED) is 0.595. The molecule has 13 heavy (non-hydrogen) atoms. The van der Waals surface area contributed by atoms with Gasteiger partial charge >= 0.3 is 0 Å². The molecule has 0 aliphatic carbocycles. The van der Waals surface area contributed by atoms with Crippen LogP contribution in [0.3, 0.4) is 0 Å². The standard InChI is InChI=1S/C9H12N2O2/c1-5-8(6(2)12)10-7(3)11(4)9(5)13/h1-4H3. The van der Waals surface area contributed by atoms with Crippen molar-refractivity contribution in [3.05, 3.63) is 27.4 Å². The first-order chi connectivity index (χ1) is 5.95. The summed E-state index contributed by atoms with van der Waals surface area (Å²) in [6.07, 6.45) is 0. The van der Waals surface area contributed by atoms with E-state index in [1.807, 2.05) is 0 Å². The molecule has 0 fully saturated rings. The maximum absolute atomic E-state index is 11.5. The van der Waals surface area contributed by atoms with Crippen LogP contribution in [0.4, 0.5) is 0 Å². The summed E-state index contributed by atoms with van der Waals surface area (Å²) in [6, 6.07) is 0. The number of rotatable bonds is 1. The molecular weight excluding hydrogens is 168 g/mol. The summed E-state index contributed by atoms with van der Waals surface area (Å²) in [5.41, 5.74) is 0.541. The predicted octanol–water partition coefficient (Wildman–Crippen LogP) is 0.600. The number of nitrogens with zero attached hydrogens (tertiary/aromatic N) is 2. The molecule has 4 heteroatoms. The van der Waals surface area contributed by atoms with Gasteiger partial charge in [-0.25, -0.2) is 4.98 Å². The topological polar surface area (TPSA) is 52.0 Å². The molecule has 0 spiro atoms. The average molecular weight is 180 g/mol. The lowest BCUT2D eigenvalue weighted by Gasteiger charge is -2.06. The largest absolute Gasteiger partial charge is 0.300 e. The van der Waals surface area contributed by atoms with Crippen LogP contribution >= 0.6 is 0 Å². The van der Waals surface area contributed by atoms with Crippen molar-refractivity contribution in [3.8, 4) is 0 Å². The number of aryl methyl sites for hydroxylation is 1. The number of carbonyl (C=O) groups is 1. The maximum atomic E-state index is 11.5. The summed E-state index contributed by atoms with van der Waals surface area (Å²) in [5, 5.41) is 0. The lowest BCUT2D eigenvalue weighted by atomic mass is 10.2. The van der Waals surface area contributed by atoms with E-state index >= 15 is 0 Å². The molecular formula is C9H12N2O2. The van der Waals surface area contributed by atoms with Gasteiger partial charge in [0.15, 0.2) is 5.78 Å². The van der Waals surface area contributed by atoms with Gasteiger partial charge < -0.3 is 0 Å². The molecule has 0 N–H and O–H groups in total. The number of Topliss-reactive ketones (excluding diaryl/α,β-unsaturated/α-hetero) is 1. The second-order valence-electron chi connectivity index (χ2n) is 3.05. The Hall–Kier alpha value is -1.45. The van der Waals surface area contributed by atoms with Crippen LogP contribution in [0.1, 0.15) is 28.8 Å². The van der Waals surface area contributed by atoms with E-state index in [9.17, 15) is 9.59 Å². The molecule has 0 atom stereocenters. The van der Waals surface area contributed by atoms with Crippen LogP contribution < -0.4 is 5.56 Å². The molecule has 0 saturated heterocycles. The van der Waals surface area contributed by atoms with Crippen LogP contribution in [0.2, 0.25) is 0 Å². The fraction of sp³-hybridized carbons (Fsp3) is 0.444. The predicted molar refractivity (Wildman–Crippen MR) is 49.0 cm³/mol. The normalized spacial score (nSPS) is 10.2. The summed E-state index contributed by atoms with van der Waals surface area (Å²) in [5.74, 6) is 0.388. The van der Waals surface area contributed by atoms with Crippen molar-refractivity contribution < 1.29 is 4.79 Å². The summed E-state index contributed by atoms with van der Waals surface area (Å²) >= 11 is 0. The van der Waals surface area contributed by atoms with Gasteiger partial charge in [-0.3, -0.25) is 14.2 Å². The Morgan fingerprint density at radius 2 is 1.92 bits per heavy atom. The van der Waals surface area contributed by atoms with E-state index in [1.165, 1.54) is 11.5 Å². The Morgan fingerprint density at radius 3 is 2.38 bits per heavy atom. The van der Waals surface area contributed by atoms with Crippen LogP contribution in [0.5, 0.6) is 0 Å². The zero-order chi connectivity index (χ0) is 10.2. The average Bonchev–Trinajstić information content (AvgIpc) is 2.07. The molecule has 1 rings (SSSR count). The molecule has 0 saturated carbocycles. The van der Waals surface area contributed by atoms with Crippen molar-refractivity contribution in [1.82, 2.24) is 9.55 Å². The third kappa shape index (κ3) is 1.52. The first-order valence-electron chi connectivity index (χ1n) is 4.00. The lowest BCUT2D eigenvalue weighted by Crippen LogP contribution is -2.26. The van der Waals surface area contributed by atoms with Gasteiger partial charge in [-0.1, -0.05) is 0 Å². The first-order valence-corrected chi connectivity index (χ1v) is 4.00. The lowest BCUT2D eigenvalue weighted by molar-refractivity contribution is 0.101. The summed E-state index contributed by atoms with van der Waals surface area (Å²) in [6.45, 7) is 4.73. The van der Waals surface area contributed by atoms with Crippen LogP contribution in [-0.2, 0) is 7.05 Å². The second-order valence-corrected chi connectivity index (χ2v) is 3.05. The number of ketones is 1. The highest BCUT2D eigenvalue weighted by Gasteiger charge is 2.11. The van der Waals surface area contributed by atoms with Crippen LogP contribution in [0.15, 0.2) is 4.79 Å². The first kappa shape index (κ1) is 9.64. The third-order valence-corrected chi connectivity index (χ3v) is 2.07. The van der Waals surface area contributed by atoms with Crippen LogP contribution in [0, 0.1) is 13.8 Å². The smallest absolute Gasteiger partial charge is 0.256 e. The highest BCUT2D eigenvalue weighted by Crippen LogP contribution is 2.01. The van der Waals surface area contributed by atoms with Crippen molar-refractivity contribution in [1.29, 1.82) is 0 Å². The van der Waals surface area contributed by atoms with Gasteiger partial charge in [0.2, 0.25) is 0 Å². The second kappa shape index (κ2) is 3.12. The molecule has 70 valence electrons. The van der Waals surface area contributed by atoms with Gasteiger partial charge in [0.1, 0.15) is 11.5 Å². The number of carbonyl (C=O) groups excluding carboxylic acids is 1. The fourth-order valence-corrected chi connectivity index (χ4v) is 1.16. The van der Waals surface area contributed by atoms with Gasteiger partial charge in [0, 0.05) is 19.5 Å². The highest BCUT2D eigenvalue weighted by molar-refractivity contribution is 5.93. The molecule has 1 heterocycles. The number of hydrogen-bond acceptors (Lipinski definition) is 3. The van der Waals surface area contributed by atoms with E-state index in [2.05, 4.69) is 4.98 Å². The van der Waals surface area contributed by atoms with E-state index in [4.69, 9.17) is 0 Å². The van der Waals surface area contributed by atoms with Gasteiger partial charge in [0.05, 0.1) is 0 Å². The molecule has 1 aromatic rings. The molecule has 4 nitrogen and oxygen atoms in total. The molecule has 0 bridgehead atoms.